The van der Waals surface area contributed by atoms with Crippen LogP contribution in [0.5, 0.6) is 0 Å². The highest BCUT2D eigenvalue weighted by Gasteiger charge is 2.23. The zero-order valence-electron chi connectivity index (χ0n) is 9.77. The summed E-state index contributed by atoms with van der Waals surface area (Å²) in [6.45, 7) is 7.37. The van der Waals surface area contributed by atoms with E-state index in [1.165, 1.54) is 4.88 Å². The Balaban J connectivity index is 2.02. The van der Waals surface area contributed by atoms with E-state index in [-0.39, 0.29) is 12.6 Å². The molecule has 0 spiro atoms. The number of hydrogen-bond acceptors (Lipinski definition) is 5. The third-order valence-electron chi connectivity index (χ3n) is 2.97. The van der Waals surface area contributed by atoms with Crippen LogP contribution in [0.4, 0.5) is 0 Å². The number of hydrogen-bond donors (Lipinski definition) is 1. The van der Waals surface area contributed by atoms with Crippen molar-refractivity contribution in [3.05, 3.63) is 15.6 Å². The highest BCUT2D eigenvalue weighted by molar-refractivity contribution is 7.11. The van der Waals surface area contributed by atoms with E-state index in [4.69, 9.17) is 4.74 Å². The van der Waals surface area contributed by atoms with E-state index in [0.29, 0.717) is 6.61 Å². The van der Waals surface area contributed by atoms with Gasteiger partial charge in [0.1, 0.15) is 5.01 Å². The third-order valence-corrected chi connectivity index (χ3v) is 4.03. The molecule has 16 heavy (non-hydrogen) atoms. The Labute approximate surface area is 99.9 Å². The van der Waals surface area contributed by atoms with Crippen LogP contribution in [0, 0.1) is 13.8 Å². The van der Waals surface area contributed by atoms with Crippen LogP contribution >= 0.6 is 11.3 Å². The second kappa shape index (κ2) is 5.23. The first kappa shape index (κ1) is 12.0. The van der Waals surface area contributed by atoms with E-state index in [0.717, 1.165) is 30.4 Å². The summed E-state index contributed by atoms with van der Waals surface area (Å²) in [6.07, 6.45) is 0. The van der Waals surface area contributed by atoms with Gasteiger partial charge < -0.3 is 9.84 Å². The molecular formula is C11H18N2O2S. The van der Waals surface area contributed by atoms with Crippen molar-refractivity contribution < 1.29 is 9.84 Å². The fourth-order valence-corrected chi connectivity index (χ4v) is 2.81. The summed E-state index contributed by atoms with van der Waals surface area (Å²) >= 11 is 1.75. The van der Waals surface area contributed by atoms with E-state index in [1.54, 1.807) is 11.3 Å². The van der Waals surface area contributed by atoms with Crippen molar-refractivity contribution >= 4 is 11.3 Å². The molecule has 0 amide bonds. The van der Waals surface area contributed by atoms with Gasteiger partial charge in [0.15, 0.2) is 0 Å². The Bertz CT molecular complexity index is 334. The fraction of sp³-hybridized carbons (Fsp3) is 0.727. The molecule has 0 aliphatic carbocycles. The number of nitrogens with zero attached hydrogens (tertiary/aromatic N) is 2. The fourth-order valence-electron chi connectivity index (χ4n) is 1.85. The molecule has 4 nitrogen and oxygen atoms in total. The number of thiazole rings is 1. The number of rotatable bonds is 3. The van der Waals surface area contributed by atoms with Crippen molar-refractivity contribution in [3.8, 4) is 0 Å². The molecule has 2 heterocycles. The number of morpholine rings is 1. The zero-order valence-corrected chi connectivity index (χ0v) is 10.6. The number of ether oxygens (including phenoxy) is 1. The Morgan fingerprint density at radius 1 is 1.56 bits per heavy atom. The summed E-state index contributed by atoms with van der Waals surface area (Å²) in [6, 6.07) is 0.123. The highest BCUT2D eigenvalue weighted by atomic mass is 32.1. The van der Waals surface area contributed by atoms with Crippen LogP contribution in [0.15, 0.2) is 0 Å². The molecule has 1 aliphatic heterocycles. The quantitative estimate of drug-likeness (QED) is 0.857. The molecule has 2 rings (SSSR count). The van der Waals surface area contributed by atoms with Crippen LogP contribution in [0.2, 0.25) is 0 Å². The highest BCUT2D eigenvalue weighted by Crippen LogP contribution is 2.19. The van der Waals surface area contributed by atoms with E-state index in [9.17, 15) is 5.11 Å². The average molecular weight is 242 g/mol. The maximum absolute atomic E-state index is 9.26. The number of aliphatic hydroxyl groups is 1. The van der Waals surface area contributed by atoms with Gasteiger partial charge in [-0.15, -0.1) is 11.3 Å². The van der Waals surface area contributed by atoms with Crippen LogP contribution in [-0.4, -0.2) is 47.4 Å². The summed E-state index contributed by atoms with van der Waals surface area (Å²) in [5, 5.41) is 10.4. The first-order valence-corrected chi connectivity index (χ1v) is 6.38. The van der Waals surface area contributed by atoms with Gasteiger partial charge in [0.2, 0.25) is 0 Å². The van der Waals surface area contributed by atoms with Gasteiger partial charge in [-0.3, -0.25) is 4.90 Å². The van der Waals surface area contributed by atoms with Crippen LogP contribution in [0.3, 0.4) is 0 Å². The van der Waals surface area contributed by atoms with Gasteiger partial charge in [-0.25, -0.2) is 4.98 Å². The van der Waals surface area contributed by atoms with Crippen LogP contribution in [-0.2, 0) is 11.3 Å². The molecule has 1 fully saturated rings. The lowest BCUT2D eigenvalue weighted by Crippen LogP contribution is -2.46. The first-order valence-electron chi connectivity index (χ1n) is 5.56. The minimum atomic E-state index is 0.123. The Morgan fingerprint density at radius 3 is 3.00 bits per heavy atom. The summed E-state index contributed by atoms with van der Waals surface area (Å²) in [4.78, 5) is 8.06. The zero-order chi connectivity index (χ0) is 11.5. The van der Waals surface area contributed by atoms with Crippen LogP contribution in [0.1, 0.15) is 15.6 Å². The average Bonchev–Trinajstić information content (AvgIpc) is 2.59. The molecule has 0 aromatic carbocycles. The molecule has 90 valence electrons. The predicted octanol–water partition coefficient (Wildman–Crippen LogP) is 0.953. The minimum Gasteiger partial charge on any atom is -0.395 e. The van der Waals surface area contributed by atoms with Crippen molar-refractivity contribution in [3.63, 3.8) is 0 Å². The SMILES string of the molecule is Cc1nc(CN2CCOCC2CO)sc1C. The number of aryl methyl sites for hydroxylation is 2. The predicted molar refractivity (Wildman–Crippen MR) is 63.7 cm³/mol. The maximum atomic E-state index is 9.26. The van der Waals surface area contributed by atoms with Crippen molar-refractivity contribution in [1.29, 1.82) is 0 Å². The largest absolute Gasteiger partial charge is 0.395 e. The van der Waals surface area contributed by atoms with Crippen LogP contribution in [0.25, 0.3) is 0 Å². The smallest absolute Gasteiger partial charge is 0.107 e. The molecule has 5 heteroatoms. The molecule has 0 radical (unpaired) electrons. The third kappa shape index (κ3) is 2.60. The van der Waals surface area contributed by atoms with E-state index in [1.807, 2.05) is 6.92 Å². The van der Waals surface area contributed by atoms with Gasteiger partial charge in [-0.05, 0) is 13.8 Å². The van der Waals surface area contributed by atoms with Gasteiger partial charge in [-0.2, -0.15) is 0 Å². The Morgan fingerprint density at radius 2 is 2.38 bits per heavy atom. The number of aromatic nitrogens is 1. The Hall–Kier alpha value is -0.490. The topological polar surface area (TPSA) is 45.6 Å². The first-order chi connectivity index (χ1) is 7.70. The van der Waals surface area contributed by atoms with Crippen molar-refractivity contribution in [2.75, 3.05) is 26.4 Å². The lowest BCUT2D eigenvalue weighted by atomic mass is 10.2. The summed E-state index contributed by atoms with van der Waals surface area (Å²) < 4.78 is 5.35. The second-order valence-electron chi connectivity index (χ2n) is 4.13. The van der Waals surface area contributed by atoms with Crippen molar-refractivity contribution in [2.24, 2.45) is 0 Å². The van der Waals surface area contributed by atoms with E-state index >= 15 is 0 Å². The molecule has 1 unspecified atom stereocenters. The van der Waals surface area contributed by atoms with Gasteiger partial charge in [0.05, 0.1) is 38.1 Å². The second-order valence-corrected chi connectivity index (χ2v) is 5.42. The molecule has 1 aromatic rings. The van der Waals surface area contributed by atoms with Gasteiger partial charge in [-0.1, -0.05) is 0 Å². The van der Waals surface area contributed by atoms with E-state index < -0.39 is 0 Å². The Kier molecular flexibility index (Phi) is 3.91. The molecule has 1 aromatic heterocycles. The lowest BCUT2D eigenvalue weighted by molar-refractivity contribution is -0.0312. The number of aliphatic hydroxyl groups excluding tert-OH is 1. The monoisotopic (exact) mass is 242 g/mol. The molecule has 1 N–H and O–H groups in total. The van der Waals surface area contributed by atoms with Crippen LogP contribution < -0.4 is 0 Å². The molecule has 1 aliphatic rings. The van der Waals surface area contributed by atoms with Gasteiger partial charge >= 0.3 is 0 Å². The maximum Gasteiger partial charge on any atom is 0.107 e. The van der Waals surface area contributed by atoms with Crippen molar-refractivity contribution in [1.82, 2.24) is 9.88 Å². The summed E-state index contributed by atoms with van der Waals surface area (Å²) in [5.74, 6) is 0. The molecular weight excluding hydrogens is 224 g/mol. The van der Waals surface area contributed by atoms with Crippen molar-refractivity contribution in [2.45, 2.75) is 26.4 Å². The standard InChI is InChI=1S/C11H18N2O2S/c1-8-9(2)16-11(12-8)5-13-3-4-15-7-10(13)6-14/h10,14H,3-7H2,1-2H3. The van der Waals surface area contributed by atoms with E-state index in [2.05, 4.69) is 16.8 Å². The summed E-state index contributed by atoms with van der Waals surface area (Å²) in [5.41, 5.74) is 1.12. The molecule has 0 bridgehead atoms. The van der Waals surface area contributed by atoms with Gasteiger partial charge in [0, 0.05) is 11.4 Å². The molecule has 1 atom stereocenters. The normalized spacial score (nSPS) is 22.6. The minimum absolute atomic E-state index is 0.123. The molecule has 0 saturated carbocycles. The lowest BCUT2D eigenvalue weighted by Gasteiger charge is -2.33. The van der Waals surface area contributed by atoms with Gasteiger partial charge in [0.25, 0.3) is 0 Å². The summed E-state index contributed by atoms with van der Waals surface area (Å²) in [7, 11) is 0. The molecule has 1 saturated heterocycles.